The van der Waals surface area contributed by atoms with Crippen LogP contribution in [0.15, 0.2) is 27.4 Å². The highest BCUT2D eigenvalue weighted by molar-refractivity contribution is 8.01. The van der Waals surface area contributed by atoms with Gasteiger partial charge in [0, 0.05) is 6.07 Å². The maximum Gasteiger partial charge on any atom is 0.263 e. The van der Waals surface area contributed by atoms with Crippen molar-refractivity contribution in [2.45, 2.75) is 16.2 Å². The van der Waals surface area contributed by atoms with E-state index in [0.29, 0.717) is 15.8 Å². The first-order valence-corrected chi connectivity index (χ1v) is 9.49. The molecule has 0 bridgehead atoms. The lowest BCUT2D eigenvalue weighted by atomic mass is 10.3. The van der Waals surface area contributed by atoms with E-state index < -0.39 is 10.0 Å². The fraction of sp³-hybridized carbons (Fsp3) is 0.333. The molecule has 10 heteroatoms. The Morgan fingerprint density at radius 1 is 1.23 bits per heavy atom. The van der Waals surface area contributed by atoms with Gasteiger partial charge in [0.2, 0.25) is 5.13 Å². The first-order valence-electron chi connectivity index (χ1n) is 6.21. The summed E-state index contributed by atoms with van der Waals surface area (Å²) in [6, 6.07) is 4.36. The molecule has 0 fully saturated rings. The number of aromatic nitrogens is 2. The van der Waals surface area contributed by atoms with Crippen molar-refractivity contribution in [3.05, 3.63) is 18.2 Å². The molecule has 1 heterocycles. The Labute approximate surface area is 137 Å². The fourth-order valence-electron chi connectivity index (χ4n) is 1.59. The van der Waals surface area contributed by atoms with Gasteiger partial charge in [-0.25, -0.2) is 8.42 Å². The van der Waals surface area contributed by atoms with Crippen molar-refractivity contribution in [3.63, 3.8) is 0 Å². The number of hydrogen-bond acceptors (Lipinski definition) is 8. The molecule has 0 radical (unpaired) electrons. The van der Waals surface area contributed by atoms with Crippen LogP contribution in [0.3, 0.4) is 0 Å². The van der Waals surface area contributed by atoms with Gasteiger partial charge in [-0.3, -0.25) is 4.72 Å². The minimum atomic E-state index is -3.76. The van der Waals surface area contributed by atoms with Gasteiger partial charge in [-0.2, -0.15) is 0 Å². The number of thioether (sulfide) groups is 1. The fourth-order valence-corrected chi connectivity index (χ4v) is 4.48. The van der Waals surface area contributed by atoms with Crippen LogP contribution in [-0.4, -0.2) is 38.6 Å². The number of nitrogens with zero attached hydrogens (tertiary/aromatic N) is 2. The molecule has 0 aliphatic carbocycles. The third-order valence-corrected chi connectivity index (χ3v) is 5.88. The Bertz CT molecular complexity index is 746. The minimum Gasteiger partial charge on any atom is -0.493 e. The monoisotopic (exact) mass is 361 g/mol. The molecule has 0 unspecified atom stereocenters. The zero-order valence-electron chi connectivity index (χ0n) is 12.2. The molecule has 0 aliphatic rings. The third kappa shape index (κ3) is 3.81. The van der Waals surface area contributed by atoms with Crippen molar-refractivity contribution in [1.29, 1.82) is 0 Å². The summed E-state index contributed by atoms with van der Waals surface area (Å²) < 4.78 is 38.0. The maximum absolute atomic E-state index is 12.4. The zero-order chi connectivity index (χ0) is 16.2. The zero-order valence-corrected chi connectivity index (χ0v) is 14.6. The number of rotatable bonds is 7. The first kappa shape index (κ1) is 16.8. The molecule has 0 amide bonds. The third-order valence-electron chi connectivity index (χ3n) is 2.56. The SMILES string of the molecule is CCSc1nnc(NS(=O)(=O)c2ccc(OC)c(OC)c2)s1. The Morgan fingerprint density at radius 2 is 1.95 bits per heavy atom. The van der Waals surface area contributed by atoms with E-state index in [-0.39, 0.29) is 10.0 Å². The first-order chi connectivity index (χ1) is 10.5. The van der Waals surface area contributed by atoms with Crippen LogP contribution in [0.25, 0.3) is 0 Å². The standard InChI is InChI=1S/C12H15N3O4S3/c1-4-20-12-14-13-11(21-12)15-22(16,17)8-5-6-9(18-2)10(7-8)19-3/h5-7H,4H2,1-3H3,(H,13,15). The second-order valence-electron chi connectivity index (χ2n) is 3.93. The molecule has 7 nitrogen and oxygen atoms in total. The molecule has 2 rings (SSSR count). The molecule has 120 valence electrons. The van der Waals surface area contributed by atoms with Crippen LogP contribution in [0.4, 0.5) is 5.13 Å². The Hall–Kier alpha value is -1.52. The van der Waals surface area contributed by atoms with E-state index in [0.717, 1.165) is 5.75 Å². The number of hydrogen-bond donors (Lipinski definition) is 1. The highest BCUT2D eigenvalue weighted by atomic mass is 32.2. The number of sulfonamides is 1. The molecular weight excluding hydrogens is 346 g/mol. The second-order valence-corrected chi connectivity index (χ2v) is 8.10. The molecule has 22 heavy (non-hydrogen) atoms. The summed E-state index contributed by atoms with van der Waals surface area (Å²) in [5.41, 5.74) is 0. The van der Waals surface area contributed by atoms with Crippen molar-refractivity contribution >= 4 is 38.3 Å². The van der Waals surface area contributed by atoms with E-state index in [9.17, 15) is 8.42 Å². The highest BCUT2D eigenvalue weighted by Crippen LogP contribution is 2.31. The van der Waals surface area contributed by atoms with Crippen LogP contribution in [0.2, 0.25) is 0 Å². The Balaban J connectivity index is 2.25. The van der Waals surface area contributed by atoms with Crippen molar-refractivity contribution in [2.75, 3.05) is 24.7 Å². The molecule has 0 atom stereocenters. The normalized spacial score (nSPS) is 11.2. The number of methoxy groups -OCH3 is 2. The van der Waals surface area contributed by atoms with Crippen LogP contribution in [-0.2, 0) is 10.0 Å². The van der Waals surface area contributed by atoms with E-state index in [1.165, 1.54) is 55.5 Å². The molecule has 0 saturated carbocycles. The largest absolute Gasteiger partial charge is 0.493 e. The van der Waals surface area contributed by atoms with Gasteiger partial charge in [-0.1, -0.05) is 30.0 Å². The number of benzene rings is 1. The van der Waals surface area contributed by atoms with E-state index in [2.05, 4.69) is 14.9 Å². The van der Waals surface area contributed by atoms with Crippen LogP contribution in [0.5, 0.6) is 11.5 Å². The van der Waals surface area contributed by atoms with Crippen LogP contribution in [0.1, 0.15) is 6.92 Å². The van der Waals surface area contributed by atoms with Crippen molar-refractivity contribution in [2.24, 2.45) is 0 Å². The predicted molar refractivity (Wildman–Crippen MR) is 86.7 cm³/mol. The van der Waals surface area contributed by atoms with E-state index in [4.69, 9.17) is 9.47 Å². The molecule has 2 aromatic rings. The predicted octanol–water partition coefficient (Wildman–Crippen LogP) is 2.47. The second kappa shape index (κ2) is 7.16. The number of anilines is 1. The van der Waals surface area contributed by atoms with Crippen LogP contribution < -0.4 is 14.2 Å². The van der Waals surface area contributed by atoms with Gasteiger partial charge in [-0.15, -0.1) is 10.2 Å². The topological polar surface area (TPSA) is 90.4 Å². The molecule has 1 N–H and O–H groups in total. The van der Waals surface area contributed by atoms with Gasteiger partial charge < -0.3 is 9.47 Å². The van der Waals surface area contributed by atoms with Gasteiger partial charge in [0.25, 0.3) is 10.0 Å². The Morgan fingerprint density at radius 3 is 2.59 bits per heavy atom. The van der Waals surface area contributed by atoms with Crippen LogP contribution >= 0.6 is 23.1 Å². The van der Waals surface area contributed by atoms with Crippen LogP contribution in [0, 0.1) is 0 Å². The summed E-state index contributed by atoms with van der Waals surface area (Å²) in [5, 5.41) is 7.96. The molecule has 0 aliphatic heterocycles. The average molecular weight is 361 g/mol. The molecule has 1 aromatic heterocycles. The summed E-state index contributed by atoms with van der Waals surface area (Å²) in [5.74, 6) is 1.64. The maximum atomic E-state index is 12.4. The lowest BCUT2D eigenvalue weighted by molar-refractivity contribution is 0.354. The van der Waals surface area contributed by atoms with Gasteiger partial charge in [0.05, 0.1) is 19.1 Å². The van der Waals surface area contributed by atoms with Crippen molar-refractivity contribution in [1.82, 2.24) is 10.2 Å². The lowest BCUT2D eigenvalue weighted by Gasteiger charge is -2.10. The molecule has 0 saturated heterocycles. The molecule has 0 spiro atoms. The summed E-state index contributed by atoms with van der Waals surface area (Å²) in [7, 11) is -0.830. The average Bonchev–Trinajstić information content (AvgIpc) is 2.93. The molecule has 1 aromatic carbocycles. The van der Waals surface area contributed by atoms with Gasteiger partial charge >= 0.3 is 0 Å². The molecular formula is C12H15N3O4S3. The van der Waals surface area contributed by atoms with E-state index in [1.54, 1.807) is 0 Å². The van der Waals surface area contributed by atoms with E-state index in [1.807, 2.05) is 6.92 Å². The van der Waals surface area contributed by atoms with Crippen molar-refractivity contribution in [3.8, 4) is 11.5 Å². The lowest BCUT2D eigenvalue weighted by Crippen LogP contribution is -2.13. The minimum absolute atomic E-state index is 0.0602. The summed E-state index contributed by atoms with van der Waals surface area (Å²) in [4.78, 5) is 0.0602. The summed E-state index contributed by atoms with van der Waals surface area (Å²) >= 11 is 2.69. The van der Waals surface area contributed by atoms with Crippen molar-refractivity contribution < 1.29 is 17.9 Å². The van der Waals surface area contributed by atoms with Gasteiger partial charge in [0.15, 0.2) is 15.8 Å². The highest BCUT2D eigenvalue weighted by Gasteiger charge is 2.19. The Kier molecular flexibility index (Phi) is 5.48. The number of nitrogens with one attached hydrogen (secondary N) is 1. The quantitative estimate of drug-likeness (QED) is 0.758. The smallest absolute Gasteiger partial charge is 0.263 e. The number of ether oxygens (including phenoxy) is 2. The van der Waals surface area contributed by atoms with Gasteiger partial charge in [0.1, 0.15) is 0 Å². The summed E-state index contributed by atoms with van der Waals surface area (Å²) in [6.07, 6.45) is 0. The summed E-state index contributed by atoms with van der Waals surface area (Å²) in [6.45, 7) is 1.99. The van der Waals surface area contributed by atoms with Gasteiger partial charge in [-0.05, 0) is 17.9 Å². The van der Waals surface area contributed by atoms with E-state index >= 15 is 0 Å².